The van der Waals surface area contributed by atoms with Gasteiger partial charge in [0.2, 0.25) is 10.0 Å². The van der Waals surface area contributed by atoms with E-state index in [1.165, 1.54) is 12.3 Å². The van der Waals surface area contributed by atoms with Crippen LogP contribution in [-0.2, 0) is 28.8 Å². The molecular formula is C20H13F6N3O2S. The Kier molecular flexibility index (Phi) is 4.32. The first-order valence-electron chi connectivity index (χ1n) is 9.33. The SMILES string of the molecule is O=S(=O)(c1ccc(C(F)(F)F)cc1)N1[C@@H]2c3cc(C(F)(F)F)ccc3[C@H]1Cc1[nH]ncc12. The van der Waals surface area contributed by atoms with E-state index in [1.807, 2.05) is 0 Å². The van der Waals surface area contributed by atoms with Crippen molar-refractivity contribution in [3.05, 3.63) is 82.2 Å². The lowest BCUT2D eigenvalue weighted by Gasteiger charge is -2.33. The van der Waals surface area contributed by atoms with E-state index >= 15 is 0 Å². The predicted octanol–water partition coefficient (Wildman–Crippen LogP) is 4.84. The number of nitrogens with zero attached hydrogens (tertiary/aromatic N) is 2. The summed E-state index contributed by atoms with van der Waals surface area (Å²) in [6, 6.07) is 4.23. The lowest BCUT2D eigenvalue weighted by atomic mass is 9.98. The monoisotopic (exact) mass is 473 g/mol. The topological polar surface area (TPSA) is 66.1 Å². The van der Waals surface area contributed by atoms with Gasteiger partial charge in [0.25, 0.3) is 0 Å². The molecule has 168 valence electrons. The third-order valence-corrected chi connectivity index (χ3v) is 7.72. The van der Waals surface area contributed by atoms with Crippen molar-refractivity contribution in [3.8, 4) is 0 Å². The molecule has 32 heavy (non-hydrogen) atoms. The maximum Gasteiger partial charge on any atom is 0.416 e. The summed E-state index contributed by atoms with van der Waals surface area (Å²) in [4.78, 5) is -0.378. The van der Waals surface area contributed by atoms with Crippen molar-refractivity contribution in [2.45, 2.75) is 35.8 Å². The molecule has 3 aromatic rings. The van der Waals surface area contributed by atoms with E-state index in [1.54, 1.807) is 0 Å². The molecule has 0 unspecified atom stereocenters. The summed E-state index contributed by atoms with van der Waals surface area (Å²) in [5.74, 6) is 0. The number of H-pyrrole nitrogens is 1. The zero-order valence-corrected chi connectivity index (χ0v) is 16.7. The maximum atomic E-state index is 13.5. The Morgan fingerprint density at radius 1 is 0.875 bits per heavy atom. The van der Waals surface area contributed by atoms with Gasteiger partial charge in [0.05, 0.1) is 34.3 Å². The summed E-state index contributed by atoms with van der Waals surface area (Å²) in [6.45, 7) is 0. The van der Waals surface area contributed by atoms with Gasteiger partial charge in [0, 0.05) is 17.7 Å². The van der Waals surface area contributed by atoms with Crippen LogP contribution in [0.2, 0.25) is 0 Å². The minimum Gasteiger partial charge on any atom is -0.282 e. The summed E-state index contributed by atoms with van der Waals surface area (Å²) in [7, 11) is -4.35. The second-order valence-electron chi connectivity index (χ2n) is 7.62. The second-order valence-corrected chi connectivity index (χ2v) is 9.47. The third kappa shape index (κ3) is 3.04. The van der Waals surface area contributed by atoms with Gasteiger partial charge in [0.1, 0.15) is 0 Å². The van der Waals surface area contributed by atoms with Crippen LogP contribution in [0.25, 0.3) is 0 Å². The van der Waals surface area contributed by atoms with Crippen molar-refractivity contribution in [2.24, 2.45) is 0 Å². The molecule has 1 aromatic heterocycles. The van der Waals surface area contributed by atoms with E-state index in [4.69, 9.17) is 0 Å². The van der Waals surface area contributed by atoms with E-state index in [0.717, 1.165) is 28.6 Å². The second kappa shape index (κ2) is 6.58. The van der Waals surface area contributed by atoms with Crippen molar-refractivity contribution in [3.63, 3.8) is 0 Å². The molecule has 5 rings (SSSR count). The summed E-state index contributed by atoms with van der Waals surface area (Å²) in [6.07, 6.45) is -7.75. The molecule has 0 spiro atoms. The number of rotatable bonds is 2. The Balaban J connectivity index is 1.65. The highest BCUT2D eigenvalue weighted by atomic mass is 32.2. The fourth-order valence-corrected chi connectivity index (χ4v) is 6.16. The molecule has 2 aliphatic rings. The van der Waals surface area contributed by atoms with E-state index in [2.05, 4.69) is 10.2 Å². The standard InChI is InChI=1S/C20H13F6N3O2S/c21-19(22,23)10-1-4-12(5-2-10)32(30,31)29-17-8-16-15(9-27-28-16)18(29)14-7-11(20(24,25)26)3-6-13(14)17/h1-7,9,17-18H,8H2,(H,27,28)/t17-,18-/m1/s1. The molecule has 5 nitrogen and oxygen atoms in total. The van der Waals surface area contributed by atoms with Crippen molar-refractivity contribution in [1.29, 1.82) is 0 Å². The van der Waals surface area contributed by atoms with Crippen LogP contribution >= 0.6 is 0 Å². The largest absolute Gasteiger partial charge is 0.416 e. The number of benzene rings is 2. The number of hydrogen-bond donors (Lipinski definition) is 1. The highest BCUT2D eigenvalue weighted by molar-refractivity contribution is 7.89. The number of alkyl halides is 6. The van der Waals surface area contributed by atoms with Gasteiger partial charge in [-0.2, -0.15) is 35.7 Å². The van der Waals surface area contributed by atoms with Crippen molar-refractivity contribution < 1.29 is 34.8 Å². The van der Waals surface area contributed by atoms with Crippen molar-refractivity contribution in [2.75, 3.05) is 0 Å². The Morgan fingerprint density at radius 2 is 1.50 bits per heavy atom. The van der Waals surface area contributed by atoms with Crippen LogP contribution in [0.4, 0.5) is 26.3 Å². The van der Waals surface area contributed by atoms with Crippen molar-refractivity contribution in [1.82, 2.24) is 14.5 Å². The van der Waals surface area contributed by atoms with Crippen LogP contribution in [0, 0.1) is 0 Å². The van der Waals surface area contributed by atoms with Gasteiger partial charge >= 0.3 is 12.4 Å². The van der Waals surface area contributed by atoms with Crippen LogP contribution in [0.3, 0.4) is 0 Å². The van der Waals surface area contributed by atoms with E-state index in [-0.39, 0.29) is 16.9 Å². The van der Waals surface area contributed by atoms with Crippen LogP contribution in [0.1, 0.15) is 45.6 Å². The minimum absolute atomic E-state index is 0.143. The number of sulfonamides is 1. The first-order chi connectivity index (χ1) is 14.9. The number of nitrogens with one attached hydrogen (secondary N) is 1. The Hall–Kier alpha value is -2.86. The molecule has 0 radical (unpaired) electrons. The average Bonchev–Trinajstić information content (AvgIpc) is 3.28. The van der Waals surface area contributed by atoms with E-state index in [0.29, 0.717) is 29.0 Å². The molecule has 0 amide bonds. The summed E-state index contributed by atoms with van der Waals surface area (Å²) in [5, 5.41) is 6.66. The lowest BCUT2D eigenvalue weighted by molar-refractivity contribution is -0.138. The lowest BCUT2D eigenvalue weighted by Crippen LogP contribution is -2.37. The molecule has 2 aromatic carbocycles. The first-order valence-corrected chi connectivity index (χ1v) is 10.8. The zero-order chi connectivity index (χ0) is 23.1. The van der Waals surface area contributed by atoms with Gasteiger partial charge < -0.3 is 0 Å². The number of fused-ring (bicyclic) bond motifs is 7. The van der Waals surface area contributed by atoms with Gasteiger partial charge in [-0.1, -0.05) is 6.07 Å². The molecule has 2 aliphatic heterocycles. The predicted molar refractivity (Wildman–Crippen MR) is 98.8 cm³/mol. The normalized spacial score (nSPS) is 20.8. The molecule has 12 heteroatoms. The molecule has 0 saturated carbocycles. The Labute approximate surface area is 177 Å². The van der Waals surface area contributed by atoms with Crippen LogP contribution in [0.5, 0.6) is 0 Å². The minimum atomic E-state index is -4.64. The fraction of sp³-hybridized carbons (Fsp3) is 0.250. The van der Waals surface area contributed by atoms with Gasteiger partial charge in [-0.15, -0.1) is 0 Å². The average molecular weight is 473 g/mol. The van der Waals surface area contributed by atoms with E-state index in [9.17, 15) is 34.8 Å². The highest BCUT2D eigenvalue weighted by Gasteiger charge is 2.51. The van der Waals surface area contributed by atoms with Gasteiger partial charge in [-0.05, 0) is 47.5 Å². The van der Waals surface area contributed by atoms with E-state index < -0.39 is 45.6 Å². The fourth-order valence-electron chi connectivity index (χ4n) is 4.41. The third-order valence-electron chi connectivity index (χ3n) is 5.83. The summed E-state index contributed by atoms with van der Waals surface area (Å²) in [5.41, 5.74) is -0.309. The van der Waals surface area contributed by atoms with Gasteiger partial charge in [0.15, 0.2) is 0 Å². The van der Waals surface area contributed by atoms with Crippen molar-refractivity contribution >= 4 is 10.0 Å². The molecule has 0 saturated heterocycles. The molecule has 2 atom stereocenters. The van der Waals surface area contributed by atoms with Gasteiger partial charge in [-0.25, -0.2) is 8.42 Å². The van der Waals surface area contributed by atoms with Crippen LogP contribution in [-0.4, -0.2) is 22.9 Å². The van der Waals surface area contributed by atoms with Gasteiger partial charge in [-0.3, -0.25) is 5.10 Å². The van der Waals surface area contributed by atoms with Crippen LogP contribution < -0.4 is 0 Å². The molecular weight excluding hydrogens is 460 g/mol. The molecule has 0 fully saturated rings. The zero-order valence-electron chi connectivity index (χ0n) is 15.9. The number of hydrogen-bond acceptors (Lipinski definition) is 3. The first kappa shape index (κ1) is 21.0. The smallest absolute Gasteiger partial charge is 0.282 e. The Bertz CT molecular complexity index is 1310. The number of halogens is 6. The maximum absolute atomic E-state index is 13.5. The summed E-state index contributed by atoms with van der Waals surface area (Å²) >= 11 is 0. The molecule has 0 aliphatic carbocycles. The molecule has 3 heterocycles. The quantitative estimate of drug-likeness (QED) is 0.542. The molecule has 1 N–H and O–H groups in total. The highest BCUT2D eigenvalue weighted by Crippen LogP contribution is 2.54. The van der Waals surface area contributed by atoms with Crippen LogP contribution in [0.15, 0.2) is 53.6 Å². The molecule has 2 bridgehead atoms. The number of aromatic amines is 1. The summed E-state index contributed by atoms with van der Waals surface area (Å²) < 4.78 is 107. The Morgan fingerprint density at radius 3 is 2.12 bits per heavy atom. The number of aromatic nitrogens is 2.